The fraction of sp³-hybridized carbons (Fsp3) is 0.250. The number of hydrogen-bond donors (Lipinski definition) is 2. The number of carbonyl (C=O) groups excluding carboxylic acids is 1. The average molecular weight is 348 g/mol. The first-order chi connectivity index (χ1) is 9.79. The molecule has 114 valence electrons. The molecule has 2 N–H and O–H groups in total. The number of carbonyl (C=O) groups is 1. The summed E-state index contributed by atoms with van der Waals surface area (Å²) in [4.78, 5) is 30.0. The van der Waals surface area contributed by atoms with Crippen molar-refractivity contribution in [2.45, 2.75) is 0 Å². The fourth-order valence-electron chi connectivity index (χ4n) is 1.96. The van der Waals surface area contributed by atoms with Crippen LogP contribution in [0.1, 0.15) is 0 Å². The number of nitrogens with one attached hydrogen (secondary N) is 2. The Hall–Kier alpha value is -1.60. The first kappa shape index (κ1) is 15.8. The van der Waals surface area contributed by atoms with Gasteiger partial charge >= 0.3 is 0 Å². The predicted octanol–water partition coefficient (Wildman–Crippen LogP) is 0.695. The molecule has 0 bridgehead atoms. The topological polar surface area (TPSA) is 86.8 Å². The second-order valence-electron chi connectivity index (χ2n) is 4.09. The Labute approximate surface area is 135 Å². The Morgan fingerprint density at radius 3 is 3.14 bits per heavy atom. The smallest absolute Gasteiger partial charge is 0.256 e. The quantitative estimate of drug-likeness (QED) is 0.627. The minimum absolute atomic E-state index is 0. The van der Waals surface area contributed by atoms with E-state index in [9.17, 15) is 4.79 Å². The van der Waals surface area contributed by atoms with E-state index in [1.807, 2.05) is 11.1 Å². The average Bonchev–Trinajstić information content (AvgIpc) is 2.96. The summed E-state index contributed by atoms with van der Waals surface area (Å²) >= 11 is 1.53. The molecule has 0 fully saturated rings. The molecule has 0 unspecified atom stereocenters. The number of amides is 1. The van der Waals surface area contributed by atoms with Crippen molar-refractivity contribution in [3.8, 4) is 0 Å². The molecule has 2 aromatic rings. The maximum absolute atomic E-state index is 11.9. The number of H-pyrrole nitrogens is 1. The van der Waals surface area contributed by atoms with Gasteiger partial charge in [-0.3, -0.25) is 4.79 Å². The molecule has 9 heteroatoms. The normalized spacial score (nSPS) is 14.5. The van der Waals surface area contributed by atoms with Gasteiger partial charge < -0.3 is 22.1 Å². The van der Waals surface area contributed by atoms with Gasteiger partial charge in [0.05, 0.1) is 11.2 Å². The van der Waals surface area contributed by atoms with Gasteiger partial charge in [0, 0.05) is 35.0 Å². The van der Waals surface area contributed by atoms with Crippen LogP contribution < -0.4 is 10.2 Å². The molecule has 21 heavy (non-hydrogen) atoms. The van der Waals surface area contributed by atoms with Gasteiger partial charge in [-0.2, -0.15) is 0 Å². The summed E-state index contributed by atoms with van der Waals surface area (Å²) in [5.74, 6) is 1.44. The number of aromatic nitrogens is 4. The van der Waals surface area contributed by atoms with Gasteiger partial charge in [-0.25, -0.2) is 15.0 Å². The number of fused-ring (bicyclic) bond motifs is 1. The Bertz CT molecular complexity index is 673. The maximum Gasteiger partial charge on any atom is 0.256 e. The van der Waals surface area contributed by atoms with Crippen LogP contribution in [-0.4, -0.2) is 44.7 Å². The summed E-state index contributed by atoms with van der Waals surface area (Å²) in [5.41, 5.74) is 1.39. The minimum Gasteiger partial charge on any atom is -0.382 e. The van der Waals surface area contributed by atoms with E-state index < -0.39 is 0 Å². The van der Waals surface area contributed by atoms with E-state index in [4.69, 9.17) is 0 Å². The molecule has 3 heterocycles. The van der Waals surface area contributed by atoms with Crippen molar-refractivity contribution >= 4 is 34.7 Å². The van der Waals surface area contributed by atoms with Crippen molar-refractivity contribution in [3.05, 3.63) is 30.7 Å². The third kappa shape index (κ3) is 3.19. The number of anilines is 1. The molecule has 0 atom stereocenters. The Morgan fingerprint density at radius 2 is 2.33 bits per heavy atom. The third-order valence-electron chi connectivity index (χ3n) is 2.85. The summed E-state index contributed by atoms with van der Waals surface area (Å²) in [6, 6.07) is 0. The second kappa shape index (κ2) is 6.91. The zero-order valence-electron chi connectivity index (χ0n) is 11.0. The first-order valence-corrected chi connectivity index (χ1v) is 7.11. The molecular formula is C12H13N6NiOS-. The number of thioether (sulfide) groups is 1. The molecule has 0 saturated heterocycles. The van der Waals surface area contributed by atoms with Gasteiger partial charge in [0.15, 0.2) is 11.5 Å². The third-order valence-corrected chi connectivity index (χ3v) is 3.84. The zero-order valence-corrected chi connectivity index (χ0v) is 12.8. The van der Waals surface area contributed by atoms with Crippen LogP contribution in [-0.2, 0) is 21.3 Å². The van der Waals surface area contributed by atoms with E-state index in [0.717, 1.165) is 23.6 Å². The Kier molecular flexibility index (Phi) is 5.19. The van der Waals surface area contributed by atoms with Crippen LogP contribution in [0.3, 0.4) is 0 Å². The largest absolute Gasteiger partial charge is 0.382 e. The second-order valence-corrected chi connectivity index (χ2v) is 5.23. The van der Waals surface area contributed by atoms with E-state index in [0.29, 0.717) is 17.1 Å². The van der Waals surface area contributed by atoms with Gasteiger partial charge in [0.1, 0.15) is 11.8 Å². The number of nitrogens with zero attached hydrogens (tertiary/aromatic N) is 4. The van der Waals surface area contributed by atoms with Gasteiger partial charge in [-0.15, -0.1) is 18.3 Å². The van der Waals surface area contributed by atoms with Crippen molar-refractivity contribution in [1.29, 1.82) is 0 Å². The summed E-state index contributed by atoms with van der Waals surface area (Å²) in [7, 11) is 0. The molecule has 0 saturated carbocycles. The van der Waals surface area contributed by atoms with Gasteiger partial charge in [0.25, 0.3) is 5.91 Å². The minimum atomic E-state index is -0.107. The van der Waals surface area contributed by atoms with Gasteiger partial charge in [0.2, 0.25) is 0 Å². The summed E-state index contributed by atoms with van der Waals surface area (Å²) in [6.07, 6.45) is 4.87. The van der Waals surface area contributed by atoms with Crippen molar-refractivity contribution in [1.82, 2.24) is 25.3 Å². The van der Waals surface area contributed by atoms with Crippen molar-refractivity contribution in [2.24, 2.45) is 0 Å². The molecule has 1 aliphatic heterocycles. The maximum atomic E-state index is 11.9. The molecule has 0 aromatic carbocycles. The van der Waals surface area contributed by atoms with E-state index in [1.165, 1.54) is 18.1 Å². The number of hydrogen-bond acceptors (Lipinski definition) is 6. The number of imidazole rings is 1. The molecule has 2 aromatic heterocycles. The molecule has 0 spiro atoms. The molecule has 3 rings (SSSR count). The summed E-state index contributed by atoms with van der Waals surface area (Å²) < 4.78 is 0. The van der Waals surface area contributed by atoms with Crippen LogP contribution in [0.2, 0.25) is 0 Å². The van der Waals surface area contributed by atoms with Crippen LogP contribution >= 0.6 is 11.8 Å². The van der Waals surface area contributed by atoms with E-state index in [-0.39, 0.29) is 22.4 Å². The summed E-state index contributed by atoms with van der Waals surface area (Å²) in [5, 5.41) is 2.70. The zero-order chi connectivity index (χ0) is 13.9. The first-order valence-electron chi connectivity index (χ1n) is 6.12. The molecule has 0 radical (unpaired) electrons. The van der Waals surface area contributed by atoms with E-state index in [1.54, 1.807) is 6.33 Å². The van der Waals surface area contributed by atoms with Crippen molar-refractivity contribution in [2.75, 3.05) is 23.7 Å². The van der Waals surface area contributed by atoms with E-state index in [2.05, 4.69) is 32.2 Å². The molecule has 1 aliphatic rings. The Balaban J connectivity index is 0.00000161. The SMILES string of the molecule is [CH2-]CNC(=O)C1=CN(c2ncnc3nc[nH]c23)CCS1.[Ni]. The van der Waals surface area contributed by atoms with Gasteiger partial charge in [-0.1, -0.05) is 0 Å². The molecule has 0 aliphatic carbocycles. The van der Waals surface area contributed by atoms with Crippen LogP contribution in [0.4, 0.5) is 5.82 Å². The van der Waals surface area contributed by atoms with Crippen molar-refractivity contribution in [3.63, 3.8) is 0 Å². The molecular weight excluding hydrogens is 335 g/mol. The number of rotatable bonds is 3. The number of aromatic amines is 1. The Morgan fingerprint density at radius 1 is 1.48 bits per heavy atom. The molecule has 1 amide bonds. The van der Waals surface area contributed by atoms with Crippen LogP contribution in [0.25, 0.3) is 11.2 Å². The van der Waals surface area contributed by atoms with Crippen LogP contribution in [0.15, 0.2) is 23.8 Å². The van der Waals surface area contributed by atoms with Crippen LogP contribution in [0, 0.1) is 6.92 Å². The van der Waals surface area contributed by atoms with E-state index >= 15 is 0 Å². The molecule has 7 nitrogen and oxygen atoms in total. The monoisotopic (exact) mass is 347 g/mol. The van der Waals surface area contributed by atoms with Crippen LogP contribution in [0.5, 0.6) is 0 Å². The summed E-state index contributed by atoms with van der Waals surface area (Å²) in [6.45, 7) is 4.76. The van der Waals surface area contributed by atoms with Crippen molar-refractivity contribution < 1.29 is 21.3 Å². The standard InChI is InChI=1S/C12H13N6OS.Ni/c1-2-13-12(19)8-5-18(3-4-20-8)11-9-10(15-6-14-9)16-7-17-11;/h5-7H,1-4H2,(H,13,19)(H,14,15,16,17);/q-1;. The predicted molar refractivity (Wildman–Crippen MR) is 77.9 cm³/mol. The fourth-order valence-corrected chi connectivity index (χ4v) is 2.87. The van der Waals surface area contributed by atoms with Gasteiger partial charge in [-0.05, 0) is 0 Å².